The maximum absolute atomic E-state index is 10.2. The molecule has 5 nitrogen and oxygen atoms in total. The van der Waals surface area contributed by atoms with E-state index in [1.165, 1.54) is 0 Å². The van der Waals surface area contributed by atoms with Crippen LogP contribution >= 0.6 is 15.9 Å². The van der Waals surface area contributed by atoms with Crippen molar-refractivity contribution < 1.29 is 15.0 Å². The van der Waals surface area contributed by atoms with Crippen LogP contribution in [0.1, 0.15) is 15.9 Å². The van der Waals surface area contributed by atoms with Gasteiger partial charge in [0.25, 0.3) is 0 Å². The van der Waals surface area contributed by atoms with Crippen molar-refractivity contribution in [1.29, 1.82) is 0 Å². The molecule has 0 radical (unpaired) electrons. The molecule has 0 aliphatic carbocycles. The number of aliphatic imine (C=N–C) groups is 1. The fourth-order valence-electron chi connectivity index (χ4n) is 1.78. The smallest absolute Gasteiger partial charge is 0.335 e. The number of phenols is 1. The van der Waals surface area contributed by atoms with Crippen molar-refractivity contribution in [3.05, 3.63) is 88.7 Å². The van der Waals surface area contributed by atoms with Gasteiger partial charge in [0.2, 0.25) is 0 Å². The third kappa shape index (κ3) is 6.19. The number of pyridine rings is 1. The van der Waals surface area contributed by atoms with Crippen LogP contribution in [-0.2, 0) is 0 Å². The van der Waals surface area contributed by atoms with E-state index in [-0.39, 0.29) is 5.75 Å². The van der Waals surface area contributed by atoms with Crippen LogP contribution in [0, 0.1) is 0 Å². The van der Waals surface area contributed by atoms with Gasteiger partial charge in [-0.1, -0.05) is 34.1 Å². The second kappa shape index (κ2) is 9.34. The van der Waals surface area contributed by atoms with Gasteiger partial charge in [-0.25, -0.2) is 4.79 Å². The Hall–Kier alpha value is -2.99. The van der Waals surface area contributed by atoms with Gasteiger partial charge in [-0.2, -0.15) is 0 Å². The third-order valence-corrected chi connectivity index (χ3v) is 3.50. The topological polar surface area (TPSA) is 82.8 Å². The second-order valence-electron chi connectivity index (χ2n) is 4.84. The number of aromatic nitrogens is 1. The van der Waals surface area contributed by atoms with E-state index in [1.54, 1.807) is 67.1 Å². The molecule has 2 N–H and O–H groups in total. The Morgan fingerprint density at radius 3 is 2.44 bits per heavy atom. The van der Waals surface area contributed by atoms with Crippen molar-refractivity contribution in [1.82, 2.24) is 4.98 Å². The summed E-state index contributed by atoms with van der Waals surface area (Å²) in [4.78, 5) is 18.4. The van der Waals surface area contributed by atoms with Crippen LogP contribution in [0.25, 0.3) is 0 Å². The quantitative estimate of drug-likeness (QED) is 0.627. The SMILES string of the molecule is O=C(O)c1ccccc1.Oc1ccc(Br)cc1C=Nc1cccnc1. The van der Waals surface area contributed by atoms with Crippen LogP contribution in [0.3, 0.4) is 0 Å². The van der Waals surface area contributed by atoms with Gasteiger partial charge < -0.3 is 10.2 Å². The van der Waals surface area contributed by atoms with Gasteiger partial charge in [-0.15, -0.1) is 0 Å². The summed E-state index contributed by atoms with van der Waals surface area (Å²) in [5.74, 6) is -0.675. The summed E-state index contributed by atoms with van der Waals surface area (Å²) in [6.07, 6.45) is 4.96. The summed E-state index contributed by atoms with van der Waals surface area (Å²) in [7, 11) is 0. The number of hydrogen-bond donors (Lipinski definition) is 2. The van der Waals surface area contributed by atoms with Gasteiger partial charge in [0.15, 0.2) is 0 Å². The molecule has 3 rings (SSSR count). The summed E-state index contributed by atoms with van der Waals surface area (Å²) in [5.41, 5.74) is 1.75. The lowest BCUT2D eigenvalue weighted by molar-refractivity contribution is 0.0697. The number of benzene rings is 2. The molecule has 1 aromatic heterocycles. The molecule has 2 aromatic carbocycles. The number of hydrogen-bond acceptors (Lipinski definition) is 4. The minimum absolute atomic E-state index is 0.204. The molecule has 0 unspecified atom stereocenters. The zero-order valence-corrected chi connectivity index (χ0v) is 14.7. The molecule has 126 valence electrons. The van der Waals surface area contributed by atoms with E-state index in [1.807, 2.05) is 12.1 Å². The first-order valence-corrected chi connectivity index (χ1v) is 8.06. The Labute approximate surface area is 153 Å². The number of aromatic hydroxyl groups is 1. The van der Waals surface area contributed by atoms with E-state index in [2.05, 4.69) is 25.9 Å². The zero-order valence-electron chi connectivity index (χ0n) is 13.1. The third-order valence-electron chi connectivity index (χ3n) is 3.01. The number of phenolic OH excluding ortho intramolecular Hbond substituents is 1. The average molecular weight is 399 g/mol. The van der Waals surface area contributed by atoms with E-state index in [4.69, 9.17) is 5.11 Å². The first kappa shape index (κ1) is 18.4. The second-order valence-corrected chi connectivity index (χ2v) is 5.76. The Kier molecular flexibility index (Phi) is 6.86. The Morgan fingerprint density at radius 1 is 1.08 bits per heavy atom. The molecule has 0 amide bonds. The van der Waals surface area contributed by atoms with Crippen molar-refractivity contribution in [2.45, 2.75) is 0 Å². The highest BCUT2D eigenvalue weighted by atomic mass is 79.9. The molecule has 0 fully saturated rings. The van der Waals surface area contributed by atoms with Crippen LogP contribution < -0.4 is 0 Å². The zero-order chi connectivity index (χ0) is 18.1. The highest BCUT2D eigenvalue weighted by Gasteiger charge is 1.98. The molecule has 1 heterocycles. The van der Waals surface area contributed by atoms with Gasteiger partial charge in [0.05, 0.1) is 17.4 Å². The summed E-state index contributed by atoms with van der Waals surface area (Å²) in [6, 6.07) is 17.1. The van der Waals surface area contributed by atoms with Gasteiger partial charge in [0, 0.05) is 22.4 Å². The monoisotopic (exact) mass is 398 g/mol. The van der Waals surface area contributed by atoms with Gasteiger partial charge in [0.1, 0.15) is 5.75 Å². The van der Waals surface area contributed by atoms with Crippen LogP contribution in [0.5, 0.6) is 5.75 Å². The molecule has 0 bridgehead atoms. The lowest BCUT2D eigenvalue weighted by atomic mass is 10.2. The molecule has 25 heavy (non-hydrogen) atoms. The summed E-state index contributed by atoms with van der Waals surface area (Å²) in [5, 5.41) is 18.0. The maximum atomic E-state index is 10.2. The van der Waals surface area contributed by atoms with Crippen molar-refractivity contribution in [2.24, 2.45) is 4.99 Å². The molecular weight excluding hydrogens is 384 g/mol. The number of rotatable bonds is 3. The van der Waals surface area contributed by atoms with Crippen molar-refractivity contribution in [3.63, 3.8) is 0 Å². The van der Waals surface area contributed by atoms with Crippen molar-refractivity contribution >= 4 is 33.8 Å². The molecule has 3 aromatic rings. The molecule has 0 atom stereocenters. The Balaban J connectivity index is 0.000000212. The molecule has 0 aliphatic heterocycles. The van der Waals surface area contributed by atoms with Crippen LogP contribution in [0.2, 0.25) is 0 Å². The molecule has 0 spiro atoms. The largest absolute Gasteiger partial charge is 0.507 e. The molecule has 0 saturated heterocycles. The number of carbonyl (C=O) groups is 1. The lowest BCUT2D eigenvalue weighted by Crippen LogP contribution is -1.93. The van der Waals surface area contributed by atoms with Crippen molar-refractivity contribution in [2.75, 3.05) is 0 Å². The van der Waals surface area contributed by atoms with E-state index in [0.29, 0.717) is 11.1 Å². The highest BCUT2D eigenvalue weighted by Crippen LogP contribution is 2.21. The normalized spacial score (nSPS) is 10.1. The fourth-order valence-corrected chi connectivity index (χ4v) is 2.16. The van der Waals surface area contributed by atoms with Gasteiger partial charge >= 0.3 is 5.97 Å². The van der Waals surface area contributed by atoms with E-state index in [0.717, 1.165) is 10.2 Å². The Morgan fingerprint density at radius 2 is 1.84 bits per heavy atom. The van der Waals surface area contributed by atoms with Crippen LogP contribution in [0.4, 0.5) is 5.69 Å². The summed E-state index contributed by atoms with van der Waals surface area (Å²) >= 11 is 3.34. The predicted octanol–water partition coefficient (Wildman–Crippen LogP) is 4.69. The first-order chi connectivity index (χ1) is 12.1. The molecule has 6 heteroatoms. The van der Waals surface area contributed by atoms with E-state index in [9.17, 15) is 9.90 Å². The summed E-state index contributed by atoms with van der Waals surface area (Å²) in [6.45, 7) is 0. The maximum Gasteiger partial charge on any atom is 0.335 e. The fraction of sp³-hybridized carbons (Fsp3) is 0. The number of halogens is 1. The van der Waals surface area contributed by atoms with E-state index >= 15 is 0 Å². The highest BCUT2D eigenvalue weighted by molar-refractivity contribution is 9.10. The molecule has 0 saturated carbocycles. The number of carboxylic acid groups (broad SMARTS) is 1. The molecule has 0 aliphatic rings. The number of nitrogens with zero attached hydrogens (tertiary/aromatic N) is 2. The van der Waals surface area contributed by atoms with Crippen molar-refractivity contribution in [3.8, 4) is 5.75 Å². The Bertz CT molecular complexity index is 853. The standard InChI is InChI=1S/C12H9BrN2O.C7H6O2/c13-10-3-4-12(16)9(6-10)7-15-11-2-1-5-14-8-11;8-7(9)6-4-2-1-3-5-6/h1-8,16H;1-5H,(H,8,9). The van der Waals surface area contributed by atoms with Crippen LogP contribution in [-0.4, -0.2) is 27.4 Å². The summed E-state index contributed by atoms with van der Waals surface area (Å²) < 4.78 is 0.901. The average Bonchev–Trinajstić information content (AvgIpc) is 2.64. The lowest BCUT2D eigenvalue weighted by Gasteiger charge is -1.98. The van der Waals surface area contributed by atoms with Gasteiger partial charge in [-0.3, -0.25) is 9.98 Å². The number of aromatic carboxylic acids is 1. The van der Waals surface area contributed by atoms with Gasteiger partial charge in [-0.05, 0) is 42.5 Å². The van der Waals surface area contributed by atoms with E-state index < -0.39 is 5.97 Å². The first-order valence-electron chi connectivity index (χ1n) is 7.27. The van der Waals surface area contributed by atoms with Crippen LogP contribution in [0.15, 0.2) is 82.5 Å². The predicted molar refractivity (Wildman–Crippen MR) is 101 cm³/mol. The minimum Gasteiger partial charge on any atom is -0.507 e. The molecular formula is C19H15BrN2O3. The number of carboxylic acids is 1. The minimum atomic E-state index is -0.879.